The first kappa shape index (κ1) is 20.6. The first-order chi connectivity index (χ1) is 14.9. The second-order valence-corrected chi connectivity index (χ2v) is 8.85. The lowest BCUT2D eigenvalue weighted by Gasteiger charge is -2.11. The lowest BCUT2D eigenvalue weighted by molar-refractivity contribution is 0.0743. The van der Waals surface area contributed by atoms with E-state index >= 15 is 0 Å². The van der Waals surface area contributed by atoms with E-state index in [4.69, 9.17) is 9.78 Å². The summed E-state index contributed by atoms with van der Waals surface area (Å²) in [5.41, 5.74) is 1.54. The van der Waals surface area contributed by atoms with Crippen LogP contribution in [0.2, 0.25) is 0 Å². The number of amides is 1. The SMILES string of the molecule is Cc1ccc(-c2noc(C(=O)N3CCCC3)n2)cc1S(=O)(=O)Nc1cccc(C#N)c1. The van der Waals surface area contributed by atoms with E-state index in [1.54, 1.807) is 42.2 Å². The minimum atomic E-state index is -3.94. The monoisotopic (exact) mass is 437 g/mol. The van der Waals surface area contributed by atoms with Crippen molar-refractivity contribution >= 4 is 21.6 Å². The Morgan fingerprint density at radius 1 is 1.19 bits per heavy atom. The molecule has 0 atom stereocenters. The summed E-state index contributed by atoms with van der Waals surface area (Å²) in [6.07, 6.45) is 1.88. The minimum absolute atomic E-state index is 0.0320. The van der Waals surface area contributed by atoms with Crippen LogP contribution in [-0.2, 0) is 10.0 Å². The molecule has 1 aromatic heterocycles. The maximum Gasteiger partial charge on any atom is 0.316 e. The summed E-state index contributed by atoms with van der Waals surface area (Å²) >= 11 is 0. The zero-order valence-electron chi connectivity index (χ0n) is 16.7. The summed E-state index contributed by atoms with van der Waals surface area (Å²) in [5.74, 6) is -0.311. The molecule has 4 rings (SSSR count). The van der Waals surface area contributed by atoms with Gasteiger partial charge in [0.05, 0.1) is 22.2 Å². The molecule has 1 aliphatic rings. The van der Waals surface area contributed by atoms with Crippen molar-refractivity contribution in [3.8, 4) is 17.5 Å². The third-order valence-corrected chi connectivity index (χ3v) is 6.51. The molecule has 1 N–H and O–H groups in total. The number of nitrogens with zero attached hydrogens (tertiary/aromatic N) is 4. The molecule has 3 aromatic rings. The standard InChI is InChI=1S/C21H19N5O4S/c1-14-7-8-16(19-23-20(30-24-19)21(27)26-9-2-3-10-26)12-18(14)31(28,29)25-17-6-4-5-15(11-17)13-22/h4-8,11-12,25H,2-3,9-10H2,1H3. The van der Waals surface area contributed by atoms with Gasteiger partial charge in [-0.2, -0.15) is 10.2 Å². The molecule has 0 radical (unpaired) electrons. The maximum atomic E-state index is 13.0. The Labute approximate surface area is 179 Å². The molecular formula is C21H19N5O4S. The highest BCUT2D eigenvalue weighted by Crippen LogP contribution is 2.26. The molecule has 1 saturated heterocycles. The lowest BCUT2D eigenvalue weighted by Crippen LogP contribution is -2.27. The first-order valence-corrected chi connectivity index (χ1v) is 11.1. The zero-order chi connectivity index (χ0) is 22.0. The molecule has 158 valence electrons. The number of anilines is 1. The third-order valence-electron chi connectivity index (χ3n) is 4.98. The van der Waals surface area contributed by atoms with Gasteiger partial charge in [-0.25, -0.2) is 8.42 Å². The van der Waals surface area contributed by atoms with Gasteiger partial charge in [-0.3, -0.25) is 9.52 Å². The van der Waals surface area contributed by atoms with Gasteiger partial charge in [-0.15, -0.1) is 0 Å². The van der Waals surface area contributed by atoms with E-state index in [2.05, 4.69) is 14.9 Å². The molecule has 0 saturated carbocycles. The Balaban J connectivity index is 1.62. The Hall–Kier alpha value is -3.71. The second kappa shape index (κ2) is 8.20. The van der Waals surface area contributed by atoms with Crippen LogP contribution in [0.1, 0.15) is 34.7 Å². The van der Waals surface area contributed by atoms with Gasteiger partial charge in [-0.1, -0.05) is 23.4 Å². The number of hydrogen-bond acceptors (Lipinski definition) is 7. The second-order valence-electron chi connectivity index (χ2n) is 7.20. The summed E-state index contributed by atoms with van der Waals surface area (Å²) in [6.45, 7) is 2.98. The van der Waals surface area contributed by atoms with Crippen LogP contribution < -0.4 is 4.72 Å². The van der Waals surface area contributed by atoms with Crippen molar-refractivity contribution < 1.29 is 17.7 Å². The number of likely N-dealkylation sites (tertiary alicyclic amines) is 1. The van der Waals surface area contributed by atoms with Crippen molar-refractivity contribution in [2.75, 3.05) is 17.8 Å². The average Bonchev–Trinajstić information content (AvgIpc) is 3.46. The van der Waals surface area contributed by atoms with E-state index in [9.17, 15) is 13.2 Å². The van der Waals surface area contributed by atoms with E-state index in [1.165, 1.54) is 12.1 Å². The fourth-order valence-corrected chi connectivity index (χ4v) is 4.70. The van der Waals surface area contributed by atoms with E-state index in [0.29, 0.717) is 29.8 Å². The Kier molecular flexibility index (Phi) is 5.44. The van der Waals surface area contributed by atoms with Crippen molar-refractivity contribution in [3.63, 3.8) is 0 Å². The van der Waals surface area contributed by atoms with Crippen LogP contribution in [0.5, 0.6) is 0 Å². The van der Waals surface area contributed by atoms with Crippen LogP contribution in [0.15, 0.2) is 51.9 Å². The summed E-state index contributed by atoms with van der Waals surface area (Å²) in [5, 5.41) is 12.9. The van der Waals surface area contributed by atoms with Crippen LogP contribution >= 0.6 is 0 Å². The molecule has 2 heterocycles. The van der Waals surface area contributed by atoms with Gasteiger partial charge in [0.1, 0.15) is 0 Å². The van der Waals surface area contributed by atoms with E-state index in [1.807, 2.05) is 6.07 Å². The highest BCUT2D eigenvalue weighted by atomic mass is 32.2. The molecule has 31 heavy (non-hydrogen) atoms. The van der Waals surface area contributed by atoms with Crippen molar-refractivity contribution in [2.45, 2.75) is 24.7 Å². The van der Waals surface area contributed by atoms with Crippen molar-refractivity contribution in [1.29, 1.82) is 5.26 Å². The van der Waals surface area contributed by atoms with Gasteiger partial charge in [0, 0.05) is 18.7 Å². The molecule has 0 aliphatic carbocycles. The maximum absolute atomic E-state index is 13.0. The zero-order valence-corrected chi connectivity index (χ0v) is 17.5. The summed E-state index contributed by atoms with van der Waals surface area (Å²) in [7, 11) is -3.94. The molecule has 10 heteroatoms. The highest BCUT2D eigenvalue weighted by molar-refractivity contribution is 7.92. The number of benzene rings is 2. The number of aryl methyl sites for hydroxylation is 1. The molecule has 9 nitrogen and oxygen atoms in total. The van der Waals surface area contributed by atoms with Gasteiger partial charge in [0.2, 0.25) is 5.82 Å². The van der Waals surface area contributed by atoms with Crippen LogP contribution in [-0.4, -0.2) is 42.5 Å². The van der Waals surface area contributed by atoms with Gasteiger partial charge in [0.15, 0.2) is 0 Å². The molecule has 0 unspecified atom stereocenters. The number of aromatic nitrogens is 2. The predicted octanol–water partition coefficient (Wildman–Crippen LogP) is 2.95. The fraction of sp³-hybridized carbons (Fsp3) is 0.238. The smallest absolute Gasteiger partial charge is 0.316 e. The van der Waals surface area contributed by atoms with Crippen molar-refractivity contribution in [2.24, 2.45) is 0 Å². The first-order valence-electron chi connectivity index (χ1n) is 9.64. The average molecular weight is 437 g/mol. The number of carbonyl (C=O) groups is 1. The number of carbonyl (C=O) groups excluding carboxylic acids is 1. The molecular weight excluding hydrogens is 418 g/mol. The normalized spacial score (nSPS) is 13.7. The summed E-state index contributed by atoms with van der Waals surface area (Å²) in [6, 6.07) is 12.9. The number of nitriles is 1. The Morgan fingerprint density at radius 2 is 1.97 bits per heavy atom. The van der Waals surface area contributed by atoms with E-state index < -0.39 is 10.0 Å². The van der Waals surface area contributed by atoms with Crippen LogP contribution in [0, 0.1) is 18.3 Å². The quantitative estimate of drug-likeness (QED) is 0.649. The number of rotatable bonds is 5. The summed E-state index contributed by atoms with van der Waals surface area (Å²) in [4.78, 5) is 18.3. The summed E-state index contributed by atoms with van der Waals surface area (Å²) < 4.78 is 33.6. The van der Waals surface area contributed by atoms with Crippen LogP contribution in [0.4, 0.5) is 5.69 Å². The van der Waals surface area contributed by atoms with Gasteiger partial charge in [-0.05, 0) is 49.6 Å². The molecule has 2 aromatic carbocycles. The van der Waals surface area contributed by atoms with Crippen LogP contribution in [0.3, 0.4) is 0 Å². The lowest BCUT2D eigenvalue weighted by atomic mass is 10.1. The van der Waals surface area contributed by atoms with Gasteiger partial charge in [0.25, 0.3) is 10.0 Å². The number of nitrogens with one attached hydrogen (secondary N) is 1. The molecule has 1 aliphatic heterocycles. The largest absolute Gasteiger partial charge is 0.334 e. The number of sulfonamides is 1. The van der Waals surface area contributed by atoms with Gasteiger partial charge < -0.3 is 9.42 Å². The molecule has 0 spiro atoms. The van der Waals surface area contributed by atoms with E-state index in [-0.39, 0.29) is 28.2 Å². The highest BCUT2D eigenvalue weighted by Gasteiger charge is 2.26. The minimum Gasteiger partial charge on any atom is -0.334 e. The number of hydrogen-bond donors (Lipinski definition) is 1. The topological polar surface area (TPSA) is 129 Å². The van der Waals surface area contributed by atoms with Crippen molar-refractivity contribution in [1.82, 2.24) is 15.0 Å². The van der Waals surface area contributed by atoms with Gasteiger partial charge >= 0.3 is 11.8 Å². The Morgan fingerprint density at radius 3 is 2.71 bits per heavy atom. The van der Waals surface area contributed by atoms with Crippen LogP contribution in [0.25, 0.3) is 11.4 Å². The Bertz CT molecular complexity index is 1290. The third kappa shape index (κ3) is 4.27. The molecule has 1 amide bonds. The van der Waals surface area contributed by atoms with E-state index in [0.717, 1.165) is 12.8 Å². The van der Waals surface area contributed by atoms with Crippen molar-refractivity contribution in [3.05, 3.63) is 59.5 Å². The molecule has 0 bridgehead atoms. The predicted molar refractivity (Wildman–Crippen MR) is 112 cm³/mol. The fourth-order valence-electron chi connectivity index (χ4n) is 3.37. The molecule has 1 fully saturated rings.